The molecular formula is C8H8N2O2. The first-order chi connectivity index (χ1) is 5.63. The minimum atomic E-state index is -0.798. The first-order valence-electron chi connectivity index (χ1n) is 3.31. The number of allylic oxidation sites excluding steroid dienone is 5. The Labute approximate surface area is 69.2 Å². The van der Waals surface area contributed by atoms with Crippen LogP contribution in [0.1, 0.15) is 0 Å². The van der Waals surface area contributed by atoms with Crippen molar-refractivity contribution >= 4 is 11.8 Å². The molecular weight excluding hydrogens is 156 g/mol. The molecule has 62 valence electrons. The lowest BCUT2D eigenvalue weighted by molar-refractivity contribution is -0.120. The summed E-state index contributed by atoms with van der Waals surface area (Å²) < 4.78 is 0. The second kappa shape index (κ2) is 3.04. The van der Waals surface area contributed by atoms with Gasteiger partial charge in [0.2, 0.25) is 0 Å². The molecule has 0 saturated heterocycles. The van der Waals surface area contributed by atoms with Crippen molar-refractivity contribution < 1.29 is 9.59 Å². The normalized spacial score (nSPS) is 13.5. The SMILES string of the molecule is NC(=O)C(C(N)=O)=C1C=CC=C1. The summed E-state index contributed by atoms with van der Waals surface area (Å²) in [5.41, 5.74) is 10.2. The quantitative estimate of drug-likeness (QED) is 0.323. The summed E-state index contributed by atoms with van der Waals surface area (Å²) >= 11 is 0. The molecule has 0 heterocycles. The molecule has 1 rings (SSSR count). The van der Waals surface area contributed by atoms with E-state index in [9.17, 15) is 9.59 Å². The number of hydrogen-bond acceptors (Lipinski definition) is 2. The highest BCUT2D eigenvalue weighted by molar-refractivity contribution is 6.18. The molecule has 0 aromatic heterocycles. The zero-order chi connectivity index (χ0) is 9.14. The van der Waals surface area contributed by atoms with Gasteiger partial charge < -0.3 is 11.5 Å². The molecule has 2 amide bonds. The number of hydrogen-bond donors (Lipinski definition) is 2. The van der Waals surface area contributed by atoms with Gasteiger partial charge in [-0.25, -0.2) is 0 Å². The zero-order valence-electron chi connectivity index (χ0n) is 6.28. The van der Waals surface area contributed by atoms with Crippen molar-refractivity contribution in [3.05, 3.63) is 35.5 Å². The molecule has 0 atom stereocenters. The van der Waals surface area contributed by atoms with Crippen molar-refractivity contribution in [1.82, 2.24) is 0 Å². The molecule has 4 N–H and O–H groups in total. The summed E-state index contributed by atoms with van der Waals surface area (Å²) in [6, 6.07) is 0. The van der Waals surface area contributed by atoms with Gasteiger partial charge in [0.25, 0.3) is 11.8 Å². The lowest BCUT2D eigenvalue weighted by Gasteiger charge is -1.98. The molecule has 0 radical (unpaired) electrons. The van der Waals surface area contributed by atoms with E-state index in [4.69, 9.17) is 11.5 Å². The third kappa shape index (κ3) is 1.42. The van der Waals surface area contributed by atoms with Crippen LogP contribution in [0.5, 0.6) is 0 Å². The lowest BCUT2D eigenvalue weighted by Crippen LogP contribution is -2.27. The van der Waals surface area contributed by atoms with Crippen LogP contribution >= 0.6 is 0 Å². The molecule has 0 saturated carbocycles. The van der Waals surface area contributed by atoms with Crippen LogP contribution < -0.4 is 11.5 Å². The van der Waals surface area contributed by atoms with Crippen molar-refractivity contribution in [2.75, 3.05) is 0 Å². The maximum Gasteiger partial charge on any atom is 0.254 e. The maximum absolute atomic E-state index is 10.7. The Hall–Kier alpha value is -1.84. The average Bonchev–Trinajstić information content (AvgIpc) is 2.37. The Bertz CT molecular complexity index is 294. The van der Waals surface area contributed by atoms with E-state index in [-0.39, 0.29) is 5.57 Å². The summed E-state index contributed by atoms with van der Waals surface area (Å²) in [5, 5.41) is 0. The monoisotopic (exact) mass is 164 g/mol. The van der Waals surface area contributed by atoms with Gasteiger partial charge in [0.05, 0.1) is 0 Å². The van der Waals surface area contributed by atoms with Gasteiger partial charge in [-0.3, -0.25) is 9.59 Å². The van der Waals surface area contributed by atoms with Crippen molar-refractivity contribution in [3.8, 4) is 0 Å². The second-order valence-electron chi connectivity index (χ2n) is 2.28. The summed E-state index contributed by atoms with van der Waals surface area (Å²) in [6.07, 6.45) is 6.60. The Kier molecular flexibility index (Phi) is 2.09. The Morgan fingerprint density at radius 1 is 1.00 bits per heavy atom. The summed E-state index contributed by atoms with van der Waals surface area (Å²) in [5.74, 6) is -1.59. The van der Waals surface area contributed by atoms with E-state index in [1.165, 1.54) is 0 Å². The van der Waals surface area contributed by atoms with Crippen LogP contribution in [-0.2, 0) is 9.59 Å². The van der Waals surface area contributed by atoms with E-state index >= 15 is 0 Å². The topological polar surface area (TPSA) is 86.2 Å². The molecule has 0 fully saturated rings. The highest BCUT2D eigenvalue weighted by Crippen LogP contribution is 2.12. The van der Waals surface area contributed by atoms with Crippen LogP contribution in [-0.4, -0.2) is 11.8 Å². The number of rotatable bonds is 2. The smallest absolute Gasteiger partial charge is 0.254 e. The molecule has 0 aliphatic heterocycles. The fourth-order valence-corrected chi connectivity index (χ4v) is 0.947. The molecule has 1 aliphatic rings. The Morgan fingerprint density at radius 3 is 1.75 bits per heavy atom. The van der Waals surface area contributed by atoms with Gasteiger partial charge >= 0.3 is 0 Å². The Morgan fingerprint density at radius 2 is 1.42 bits per heavy atom. The van der Waals surface area contributed by atoms with Crippen LogP contribution in [0, 0.1) is 0 Å². The number of carbonyl (C=O) groups excluding carboxylic acids is 2. The van der Waals surface area contributed by atoms with Crippen LogP contribution in [0.25, 0.3) is 0 Å². The lowest BCUT2D eigenvalue weighted by atomic mass is 10.1. The van der Waals surface area contributed by atoms with E-state index in [0.717, 1.165) is 0 Å². The van der Waals surface area contributed by atoms with Crippen molar-refractivity contribution in [1.29, 1.82) is 0 Å². The molecule has 1 aliphatic carbocycles. The van der Waals surface area contributed by atoms with Crippen LogP contribution in [0.2, 0.25) is 0 Å². The van der Waals surface area contributed by atoms with Gasteiger partial charge in [-0.2, -0.15) is 0 Å². The predicted octanol–water partition coefficient (Wildman–Crippen LogP) is -0.620. The first kappa shape index (κ1) is 8.26. The standard InChI is InChI=1S/C8H8N2O2/c9-7(11)6(8(10)12)5-3-1-2-4-5/h1-4H,(H2,9,11)(H2,10,12). The molecule has 0 bridgehead atoms. The predicted molar refractivity (Wildman–Crippen MR) is 43.7 cm³/mol. The average molecular weight is 164 g/mol. The minimum absolute atomic E-state index is 0.153. The van der Waals surface area contributed by atoms with Gasteiger partial charge in [0.1, 0.15) is 5.57 Å². The number of primary amides is 2. The van der Waals surface area contributed by atoms with E-state index in [0.29, 0.717) is 5.57 Å². The van der Waals surface area contributed by atoms with Gasteiger partial charge in [0, 0.05) is 0 Å². The molecule has 12 heavy (non-hydrogen) atoms. The highest BCUT2D eigenvalue weighted by Gasteiger charge is 2.15. The molecule has 0 spiro atoms. The van der Waals surface area contributed by atoms with E-state index < -0.39 is 11.8 Å². The first-order valence-corrected chi connectivity index (χ1v) is 3.31. The second-order valence-corrected chi connectivity index (χ2v) is 2.28. The largest absolute Gasteiger partial charge is 0.365 e. The number of nitrogens with two attached hydrogens (primary N) is 2. The van der Waals surface area contributed by atoms with E-state index in [1.807, 2.05) is 0 Å². The van der Waals surface area contributed by atoms with E-state index in [2.05, 4.69) is 0 Å². The van der Waals surface area contributed by atoms with Crippen LogP contribution in [0.4, 0.5) is 0 Å². The highest BCUT2D eigenvalue weighted by atomic mass is 16.2. The third-order valence-electron chi connectivity index (χ3n) is 1.44. The minimum Gasteiger partial charge on any atom is -0.365 e. The van der Waals surface area contributed by atoms with Crippen molar-refractivity contribution in [3.63, 3.8) is 0 Å². The van der Waals surface area contributed by atoms with Gasteiger partial charge in [-0.05, 0) is 5.57 Å². The number of carbonyl (C=O) groups is 2. The van der Waals surface area contributed by atoms with E-state index in [1.54, 1.807) is 24.3 Å². The fourth-order valence-electron chi connectivity index (χ4n) is 0.947. The summed E-state index contributed by atoms with van der Waals surface area (Å²) in [4.78, 5) is 21.4. The molecule has 4 heteroatoms. The Balaban J connectivity index is 3.16. The third-order valence-corrected chi connectivity index (χ3v) is 1.44. The molecule has 4 nitrogen and oxygen atoms in total. The van der Waals surface area contributed by atoms with Crippen molar-refractivity contribution in [2.24, 2.45) is 11.5 Å². The molecule has 0 unspecified atom stereocenters. The number of amides is 2. The maximum atomic E-state index is 10.7. The van der Waals surface area contributed by atoms with Crippen molar-refractivity contribution in [2.45, 2.75) is 0 Å². The van der Waals surface area contributed by atoms with Gasteiger partial charge in [-0.15, -0.1) is 0 Å². The van der Waals surface area contributed by atoms with Crippen LogP contribution in [0.3, 0.4) is 0 Å². The van der Waals surface area contributed by atoms with Gasteiger partial charge in [-0.1, -0.05) is 24.3 Å². The zero-order valence-corrected chi connectivity index (χ0v) is 6.28. The van der Waals surface area contributed by atoms with Crippen LogP contribution in [0.15, 0.2) is 35.5 Å². The summed E-state index contributed by atoms with van der Waals surface area (Å²) in [6.45, 7) is 0. The molecule has 0 aromatic rings. The van der Waals surface area contributed by atoms with Gasteiger partial charge in [0.15, 0.2) is 0 Å². The fraction of sp³-hybridized carbons (Fsp3) is 0. The molecule has 0 aromatic carbocycles. The summed E-state index contributed by atoms with van der Waals surface area (Å²) in [7, 11) is 0.